The van der Waals surface area contributed by atoms with Gasteiger partial charge in [-0.1, -0.05) is 20.8 Å². The summed E-state index contributed by atoms with van der Waals surface area (Å²) in [7, 11) is -0.776. The fraction of sp³-hybridized carbons (Fsp3) is 0.571. The van der Waals surface area contributed by atoms with E-state index in [1.165, 1.54) is 30.7 Å². The van der Waals surface area contributed by atoms with Crippen LogP contribution in [-0.4, -0.2) is 40.0 Å². The van der Waals surface area contributed by atoms with Gasteiger partial charge in [-0.15, -0.1) is 0 Å². The maximum atomic E-state index is 12.8. The molecular formula is C14H24N2O4S. The second-order valence-electron chi connectivity index (χ2n) is 5.09. The topological polar surface area (TPSA) is 81.9 Å². The summed E-state index contributed by atoms with van der Waals surface area (Å²) in [5, 5.41) is 0. The van der Waals surface area contributed by atoms with Crippen molar-refractivity contribution in [2.45, 2.75) is 25.7 Å². The van der Waals surface area contributed by atoms with Gasteiger partial charge in [-0.05, 0) is 12.0 Å². The molecule has 0 aliphatic heterocycles. The zero-order valence-electron chi connectivity index (χ0n) is 13.2. The van der Waals surface area contributed by atoms with Gasteiger partial charge in [-0.3, -0.25) is 0 Å². The minimum absolute atomic E-state index is 0.0609. The van der Waals surface area contributed by atoms with E-state index in [1.54, 1.807) is 6.92 Å². The molecule has 7 heteroatoms. The summed E-state index contributed by atoms with van der Waals surface area (Å²) in [6.07, 6.45) is 0. The monoisotopic (exact) mass is 316 g/mol. The Morgan fingerprint density at radius 2 is 1.76 bits per heavy atom. The van der Waals surface area contributed by atoms with E-state index in [-0.39, 0.29) is 22.3 Å². The molecule has 0 saturated carbocycles. The molecule has 0 radical (unpaired) electrons. The van der Waals surface area contributed by atoms with Crippen LogP contribution in [0.15, 0.2) is 17.0 Å². The fourth-order valence-electron chi connectivity index (χ4n) is 2.04. The van der Waals surface area contributed by atoms with Crippen molar-refractivity contribution >= 4 is 15.7 Å². The summed E-state index contributed by atoms with van der Waals surface area (Å²) in [6, 6.07) is 2.88. The lowest BCUT2D eigenvalue weighted by Crippen LogP contribution is -2.34. The van der Waals surface area contributed by atoms with Gasteiger partial charge in [0.05, 0.1) is 19.9 Å². The third-order valence-corrected chi connectivity index (χ3v) is 5.02. The molecule has 2 N–H and O–H groups in total. The van der Waals surface area contributed by atoms with E-state index in [0.29, 0.717) is 18.8 Å². The van der Waals surface area contributed by atoms with Crippen LogP contribution < -0.4 is 15.2 Å². The van der Waals surface area contributed by atoms with Gasteiger partial charge in [-0.25, -0.2) is 8.42 Å². The lowest BCUT2D eigenvalue weighted by atomic mass is 10.2. The number of rotatable bonds is 7. The van der Waals surface area contributed by atoms with Crippen molar-refractivity contribution < 1.29 is 17.9 Å². The number of ether oxygens (including phenoxy) is 2. The van der Waals surface area contributed by atoms with Crippen LogP contribution in [0.1, 0.15) is 20.8 Å². The van der Waals surface area contributed by atoms with Crippen molar-refractivity contribution in [1.29, 1.82) is 0 Å². The number of nitrogen functional groups attached to an aromatic ring is 1. The number of anilines is 1. The molecule has 0 bridgehead atoms. The van der Waals surface area contributed by atoms with Crippen LogP contribution in [-0.2, 0) is 10.0 Å². The van der Waals surface area contributed by atoms with E-state index < -0.39 is 10.0 Å². The summed E-state index contributed by atoms with van der Waals surface area (Å²) in [5.74, 6) is 0.835. The van der Waals surface area contributed by atoms with Crippen LogP contribution in [0, 0.1) is 5.92 Å². The van der Waals surface area contributed by atoms with Crippen molar-refractivity contribution in [3.8, 4) is 11.5 Å². The van der Waals surface area contributed by atoms with E-state index in [0.717, 1.165) is 0 Å². The molecule has 0 heterocycles. The Morgan fingerprint density at radius 1 is 1.19 bits per heavy atom. The smallest absolute Gasteiger partial charge is 0.246 e. The molecule has 0 aliphatic rings. The molecule has 0 atom stereocenters. The molecule has 1 aromatic rings. The Bertz CT molecular complexity index is 585. The van der Waals surface area contributed by atoms with Gasteiger partial charge in [0, 0.05) is 19.2 Å². The summed E-state index contributed by atoms with van der Waals surface area (Å²) in [4.78, 5) is 0.0609. The summed E-state index contributed by atoms with van der Waals surface area (Å²) < 4.78 is 37.3. The van der Waals surface area contributed by atoms with Crippen molar-refractivity contribution in [3.63, 3.8) is 0 Å². The quantitative estimate of drug-likeness (QED) is 0.778. The third kappa shape index (κ3) is 3.79. The molecule has 0 aliphatic carbocycles. The van der Waals surface area contributed by atoms with E-state index >= 15 is 0 Å². The summed E-state index contributed by atoms with van der Waals surface area (Å²) in [6.45, 7) is 6.57. The normalized spacial score (nSPS) is 12.0. The summed E-state index contributed by atoms with van der Waals surface area (Å²) >= 11 is 0. The van der Waals surface area contributed by atoms with Crippen LogP contribution in [0.2, 0.25) is 0 Å². The van der Waals surface area contributed by atoms with E-state index in [1.807, 2.05) is 13.8 Å². The van der Waals surface area contributed by atoms with Gasteiger partial charge in [0.25, 0.3) is 0 Å². The second-order valence-corrected chi connectivity index (χ2v) is 7.00. The van der Waals surface area contributed by atoms with Gasteiger partial charge in [-0.2, -0.15) is 4.31 Å². The van der Waals surface area contributed by atoms with Gasteiger partial charge in [0.15, 0.2) is 0 Å². The molecule has 21 heavy (non-hydrogen) atoms. The number of benzene rings is 1. The zero-order chi connectivity index (χ0) is 16.2. The van der Waals surface area contributed by atoms with Crippen molar-refractivity contribution in [2.75, 3.05) is 33.0 Å². The van der Waals surface area contributed by atoms with Crippen LogP contribution in [0.25, 0.3) is 0 Å². The molecule has 6 nitrogen and oxygen atoms in total. The Kier molecular flexibility index (Phi) is 5.86. The Labute approximate surface area is 126 Å². The Morgan fingerprint density at radius 3 is 2.19 bits per heavy atom. The van der Waals surface area contributed by atoms with Crippen molar-refractivity contribution in [1.82, 2.24) is 4.31 Å². The number of hydrogen-bond donors (Lipinski definition) is 1. The molecule has 1 rings (SSSR count). The average Bonchev–Trinajstić information content (AvgIpc) is 2.43. The standard InChI is InChI=1S/C14H24N2O4S/c1-6-16(9-10(2)3)21(17,18)14-7-11(15)12(19-4)8-13(14)20-5/h7-8,10H,6,9,15H2,1-5H3. The zero-order valence-corrected chi connectivity index (χ0v) is 14.0. The minimum Gasteiger partial charge on any atom is -0.495 e. The van der Waals surface area contributed by atoms with Crippen LogP contribution in [0.3, 0.4) is 0 Å². The SMILES string of the molecule is CCN(CC(C)C)S(=O)(=O)c1cc(N)c(OC)cc1OC. The molecule has 0 saturated heterocycles. The maximum Gasteiger partial charge on any atom is 0.246 e. The minimum atomic E-state index is -3.66. The summed E-state index contributed by atoms with van der Waals surface area (Å²) in [5.41, 5.74) is 6.09. The highest BCUT2D eigenvalue weighted by Gasteiger charge is 2.28. The number of nitrogens with zero attached hydrogens (tertiary/aromatic N) is 1. The van der Waals surface area contributed by atoms with E-state index in [9.17, 15) is 8.42 Å². The number of sulfonamides is 1. The van der Waals surface area contributed by atoms with E-state index in [4.69, 9.17) is 15.2 Å². The first-order valence-electron chi connectivity index (χ1n) is 6.79. The Balaban J connectivity index is 3.39. The third-order valence-electron chi connectivity index (χ3n) is 3.06. The largest absolute Gasteiger partial charge is 0.495 e. The highest BCUT2D eigenvalue weighted by molar-refractivity contribution is 7.89. The number of hydrogen-bond acceptors (Lipinski definition) is 5. The van der Waals surface area contributed by atoms with Gasteiger partial charge < -0.3 is 15.2 Å². The molecule has 0 amide bonds. The van der Waals surface area contributed by atoms with Crippen LogP contribution in [0.4, 0.5) is 5.69 Å². The molecule has 120 valence electrons. The van der Waals surface area contributed by atoms with Crippen molar-refractivity contribution in [3.05, 3.63) is 12.1 Å². The first kappa shape index (κ1) is 17.6. The first-order valence-corrected chi connectivity index (χ1v) is 8.23. The average molecular weight is 316 g/mol. The lowest BCUT2D eigenvalue weighted by Gasteiger charge is -2.24. The second kappa shape index (κ2) is 7.00. The number of methoxy groups -OCH3 is 2. The Hall–Kier alpha value is -1.47. The van der Waals surface area contributed by atoms with E-state index in [2.05, 4.69) is 0 Å². The number of nitrogens with two attached hydrogens (primary N) is 1. The molecule has 0 fully saturated rings. The predicted molar refractivity (Wildman–Crippen MR) is 83.2 cm³/mol. The first-order chi connectivity index (χ1) is 9.77. The van der Waals surface area contributed by atoms with Crippen molar-refractivity contribution in [2.24, 2.45) is 5.92 Å². The molecule has 0 aromatic heterocycles. The van der Waals surface area contributed by atoms with Crippen LogP contribution in [0.5, 0.6) is 11.5 Å². The maximum absolute atomic E-state index is 12.8. The fourth-order valence-corrected chi connectivity index (χ4v) is 3.82. The van der Waals surface area contributed by atoms with Gasteiger partial charge in [0.2, 0.25) is 10.0 Å². The highest BCUT2D eigenvalue weighted by Crippen LogP contribution is 2.35. The highest BCUT2D eigenvalue weighted by atomic mass is 32.2. The molecule has 0 unspecified atom stereocenters. The van der Waals surface area contributed by atoms with Crippen LogP contribution >= 0.6 is 0 Å². The molecule has 1 aromatic carbocycles. The molecule has 0 spiro atoms. The van der Waals surface area contributed by atoms with Gasteiger partial charge >= 0.3 is 0 Å². The lowest BCUT2D eigenvalue weighted by molar-refractivity contribution is 0.368. The predicted octanol–water partition coefficient (Wildman–Crippen LogP) is 1.95. The van der Waals surface area contributed by atoms with Gasteiger partial charge in [0.1, 0.15) is 16.4 Å². The molecular weight excluding hydrogens is 292 g/mol.